The highest BCUT2D eigenvalue weighted by atomic mass is 79.9. The quantitative estimate of drug-likeness (QED) is 0.638. The summed E-state index contributed by atoms with van der Waals surface area (Å²) < 4.78 is 51.8. The highest BCUT2D eigenvalue weighted by Gasteiger charge is 2.33. The Kier molecular flexibility index (Phi) is 5.76. The minimum absolute atomic E-state index is 0.326. The molecule has 0 aromatic heterocycles. The Morgan fingerprint density at radius 2 is 1.71 bits per heavy atom. The van der Waals surface area contributed by atoms with Gasteiger partial charge < -0.3 is 19.3 Å². The van der Waals surface area contributed by atoms with Crippen molar-refractivity contribution in [1.82, 2.24) is 0 Å². The molecule has 2 aromatic carbocycles. The Morgan fingerprint density at radius 1 is 1.08 bits per heavy atom. The average molecular weight is 424 g/mol. The van der Waals surface area contributed by atoms with E-state index in [1.807, 2.05) is 0 Å². The first-order valence-corrected chi connectivity index (χ1v) is 8.11. The molecular formula is C15H13BrF3NO3S. The molecule has 0 bridgehead atoms. The number of hydrogen-bond acceptors (Lipinski definition) is 5. The van der Waals surface area contributed by atoms with Crippen molar-refractivity contribution in [1.29, 1.82) is 0 Å². The van der Waals surface area contributed by atoms with Crippen molar-refractivity contribution >= 4 is 33.6 Å². The molecule has 0 radical (unpaired) electrons. The van der Waals surface area contributed by atoms with Gasteiger partial charge in [-0.25, -0.2) is 0 Å². The Bertz CT molecular complexity index is 741. The van der Waals surface area contributed by atoms with Crippen LogP contribution in [0.2, 0.25) is 0 Å². The molecular weight excluding hydrogens is 411 g/mol. The SMILES string of the molecule is COc1cc(Br)c(SNc2ccc(C(F)(F)F)c(O)c2)cc1OC. The summed E-state index contributed by atoms with van der Waals surface area (Å²) in [5, 5.41) is 9.51. The van der Waals surface area contributed by atoms with Gasteiger partial charge in [-0.3, -0.25) is 0 Å². The summed E-state index contributed by atoms with van der Waals surface area (Å²) in [6.45, 7) is 0. The van der Waals surface area contributed by atoms with Crippen molar-refractivity contribution in [2.24, 2.45) is 0 Å². The largest absolute Gasteiger partial charge is 0.507 e. The second-order valence-corrected chi connectivity index (χ2v) is 6.27. The highest BCUT2D eigenvalue weighted by molar-refractivity contribution is 9.10. The fourth-order valence-corrected chi connectivity index (χ4v) is 3.10. The molecule has 2 N–H and O–H groups in total. The van der Waals surface area contributed by atoms with Crippen LogP contribution in [-0.4, -0.2) is 19.3 Å². The summed E-state index contributed by atoms with van der Waals surface area (Å²) in [7, 11) is 3.02. The predicted molar refractivity (Wildman–Crippen MR) is 89.8 cm³/mol. The predicted octanol–water partition coefficient (Wildman–Crippen LogP) is 5.31. The van der Waals surface area contributed by atoms with Crippen molar-refractivity contribution in [2.75, 3.05) is 18.9 Å². The molecule has 0 aliphatic carbocycles. The molecule has 24 heavy (non-hydrogen) atoms. The zero-order chi connectivity index (χ0) is 17.9. The zero-order valence-corrected chi connectivity index (χ0v) is 15.0. The molecule has 0 saturated carbocycles. The molecule has 130 valence electrons. The van der Waals surface area contributed by atoms with E-state index in [-0.39, 0.29) is 0 Å². The number of hydrogen-bond donors (Lipinski definition) is 2. The summed E-state index contributed by atoms with van der Waals surface area (Å²) in [6, 6.07) is 6.51. The van der Waals surface area contributed by atoms with Gasteiger partial charge in [-0.15, -0.1) is 0 Å². The van der Waals surface area contributed by atoms with Crippen LogP contribution in [0.25, 0.3) is 0 Å². The number of methoxy groups -OCH3 is 2. The molecule has 9 heteroatoms. The maximum atomic E-state index is 12.6. The fraction of sp³-hybridized carbons (Fsp3) is 0.200. The maximum Gasteiger partial charge on any atom is 0.419 e. The van der Waals surface area contributed by atoms with Gasteiger partial charge in [0.1, 0.15) is 5.75 Å². The van der Waals surface area contributed by atoms with Crippen molar-refractivity contribution in [3.05, 3.63) is 40.4 Å². The Balaban J connectivity index is 2.18. The normalized spacial score (nSPS) is 11.2. The number of aromatic hydroxyl groups is 1. The molecule has 0 heterocycles. The van der Waals surface area contributed by atoms with Crippen molar-refractivity contribution in [3.8, 4) is 17.2 Å². The van der Waals surface area contributed by atoms with E-state index in [4.69, 9.17) is 9.47 Å². The van der Waals surface area contributed by atoms with Crippen LogP contribution in [0.5, 0.6) is 17.2 Å². The third kappa shape index (κ3) is 4.21. The third-order valence-electron chi connectivity index (χ3n) is 3.02. The van der Waals surface area contributed by atoms with Gasteiger partial charge in [-0.2, -0.15) is 13.2 Å². The summed E-state index contributed by atoms with van der Waals surface area (Å²) in [6.07, 6.45) is -4.60. The van der Waals surface area contributed by atoms with Crippen LogP contribution >= 0.6 is 27.9 Å². The number of rotatable bonds is 5. The van der Waals surface area contributed by atoms with Crippen molar-refractivity contribution in [2.45, 2.75) is 11.1 Å². The van der Waals surface area contributed by atoms with Crippen LogP contribution < -0.4 is 14.2 Å². The lowest BCUT2D eigenvalue weighted by Crippen LogP contribution is -2.05. The molecule has 0 atom stereocenters. The van der Waals surface area contributed by atoms with E-state index in [1.165, 1.54) is 20.3 Å². The average Bonchev–Trinajstić information content (AvgIpc) is 2.52. The number of benzene rings is 2. The van der Waals surface area contributed by atoms with E-state index in [9.17, 15) is 18.3 Å². The molecule has 0 saturated heterocycles. The van der Waals surface area contributed by atoms with Crippen LogP contribution in [0, 0.1) is 0 Å². The monoisotopic (exact) mass is 423 g/mol. The Labute approximate surface area is 149 Å². The number of phenols is 1. The number of nitrogens with one attached hydrogen (secondary N) is 1. The van der Waals surface area contributed by atoms with Gasteiger partial charge in [0, 0.05) is 27.2 Å². The first-order valence-electron chi connectivity index (χ1n) is 6.51. The van der Waals surface area contributed by atoms with E-state index < -0.39 is 17.5 Å². The van der Waals surface area contributed by atoms with Gasteiger partial charge in [0.2, 0.25) is 0 Å². The number of phenolic OH excluding ortho intramolecular Hbond substituents is 1. The van der Waals surface area contributed by atoms with Gasteiger partial charge >= 0.3 is 6.18 Å². The summed E-state index contributed by atoms with van der Waals surface area (Å²) >= 11 is 4.53. The standard InChI is InChI=1S/C15H13BrF3NO3S/c1-22-12-6-10(16)14(7-13(12)23-2)24-20-8-3-4-9(11(21)5-8)15(17,18)19/h3-7,20-21H,1-2H3. The lowest BCUT2D eigenvalue weighted by Gasteiger charge is -2.13. The van der Waals surface area contributed by atoms with Crippen LogP contribution in [0.3, 0.4) is 0 Å². The fourth-order valence-electron chi connectivity index (χ4n) is 1.86. The Hall–Kier alpha value is -1.74. The van der Waals surface area contributed by atoms with Crippen molar-refractivity contribution in [3.63, 3.8) is 0 Å². The molecule has 0 aliphatic rings. The summed E-state index contributed by atoms with van der Waals surface area (Å²) in [4.78, 5) is 0.729. The highest BCUT2D eigenvalue weighted by Crippen LogP contribution is 2.40. The smallest absolute Gasteiger partial charge is 0.419 e. The second kappa shape index (κ2) is 7.43. The molecule has 0 aliphatic heterocycles. The van der Waals surface area contributed by atoms with Crippen molar-refractivity contribution < 1.29 is 27.8 Å². The van der Waals surface area contributed by atoms with E-state index >= 15 is 0 Å². The third-order valence-corrected chi connectivity index (χ3v) is 4.83. The molecule has 0 unspecified atom stereocenters. The Morgan fingerprint density at radius 3 is 2.25 bits per heavy atom. The minimum atomic E-state index is -4.60. The van der Waals surface area contributed by atoms with Gasteiger partial charge in [0.25, 0.3) is 0 Å². The first kappa shape index (κ1) is 18.6. The van der Waals surface area contributed by atoms with Crippen LogP contribution in [-0.2, 0) is 6.18 Å². The molecule has 0 spiro atoms. The number of anilines is 1. The lowest BCUT2D eigenvalue weighted by molar-refractivity contribution is -0.138. The molecule has 2 rings (SSSR count). The van der Waals surface area contributed by atoms with Crippen LogP contribution in [0.4, 0.5) is 18.9 Å². The van der Waals surface area contributed by atoms with E-state index in [0.29, 0.717) is 21.7 Å². The number of alkyl halides is 3. The molecule has 0 amide bonds. The lowest BCUT2D eigenvalue weighted by atomic mass is 10.2. The van der Waals surface area contributed by atoms with Crippen LogP contribution in [0.15, 0.2) is 39.7 Å². The van der Waals surface area contributed by atoms with E-state index in [0.717, 1.165) is 29.0 Å². The van der Waals surface area contributed by atoms with Gasteiger partial charge in [-0.05, 0) is 46.1 Å². The molecule has 0 fully saturated rings. The summed E-state index contributed by atoms with van der Waals surface area (Å²) in [5.74, 6) is 0.223. The van der Waals surface area contributed by atoms with E-state index in [2.05, 4.69) is 20.7 Å². The second-order valence-electron chi connectivity index (χ2n) is 4.57. The van der Waals surface area contributed by atoms with E-state index in [1.54, 1.807) is 12.1 Å². The number of ether oxygens (including phenoxy) is 2. The maximum absolute atomic E-state index is 12.6. The first-order chi connectivity index (χ1) is 11.3. The van der Waals surface area contributed by atoms with Gasteiger partial charge in [-0.1, -0.05) is 0 Å². The molecule has 4 nitrogen and oxygen atoms in total. The van der Waals surface area contributed by atoms with Crippen LogP contribution in [0.1, 0.15) is 5.56 Å². The number of halogens is 4. The minimum Gasteiger partial charge on any atom is -0.507 e. The van der Waals surface area contributed by atoms with Gasteiger partial charge in [0.15, 0.2) is 11.5 Å². The summed E-state index contributed by atoms with van der Waals surface area (Å²) in [5.41, 5.74) is -0.752. The molecule has 2 aromatic rings. The zero-order valence-electron chi connectivity index (χ0n) is 12.6. The topological polar surface area (TPSA) is 50.7 Å². The van der Waals surface area contributed by atoms with Gasteiger partial charge in [0.05, 0.1) is 19.8 Å².